The van der Waals surface area contributed by atoms with Gasteiger partial charge < -0.3 is 10.6 Å². The van der Waals surface area contributed by atoms with Crippen molar-refractivity contribution in [3.63, 3.8) is 0 Å². The normalized spacial score (nSPS) is 11.7. The lowest BCUT2D eigenvalue weighted by molar-refractivity contribution is -0.117. The fraction of sp³-hybridized carbons (Fsp3) is 0.176. The van der Waals surface area contributed by atoms with Crippen molar-refractivity contribution < 1.29 is 18.4 Å². The molecular weight excluding hydrogens is 302 g/mol. The van der Waals surface area contributed by atoms with E-state index in [9.17, 15) is 18.4 Å². The van der Waals surface area contributed by atoms with Crippen LogP contribution in [-0.2, 0) is 4.79 Å². The highest BCUT2D eigenvalue weighted by Gasteiger charge is 2.19. The van der Waals surface area contributed by atoms with Gasteiger partial charge in [-0.2, -0.15) is 0 Å². The first-order valence-corrected chi connectivity index (χ1v) is 7.01. The van der Waals surface area contributed by atoms with Gasteiger partial charge in [-0.1, -0.05) is 18.2 Å². The molecule has 0 aliphatic rings. The highest BCUT2D eigenvalue weighted by atomic mass is 19.1. The lowest BCUT2D eigenvalue weighted by Gasteiger charge is -2.15. The first-order valence-electron chi connectivity index (χ1n) is 7.01. The predicted molar refractivity (Wildman–Crippen MR) is 83.1 cm³/mol. The summed E-state index contributed by atoms with van der Waals surface area (Å²) in [5.41, 5.74) is 0.864. The lowest BCUT2D eigenvalue weighted by Crippen LogP contribution is -2.42. The second kappa shape index (κ2) is 7.00. The molecular formula is C17H16F2N2O2. The number of benzene rings is 2. The Balaban J connectivity index is 2.04. The molecule has 0 heterocycles. The number of amides is 2. The van der Waals surface area contributed by atoms with Crippen molar-refractivity contribution in [2.75, 3.05) is 5.32 Å². The topological polar surface area (TPSA) is 58.2 Å². The molecule has 0 spiro atoms. The fourth-order valence-electron chi connectivity index (χ4n) is 1.96. The van der Waals surface area contributed by atoms with E-state index < -0.39 is 29.5 Å². The van der Waals surface area contributed by atoms with Gasteiger partial charge in [0, 0.05) is 5.69 Å². The summed E-state index contributed by atoms with van der Waals surface area (Å²) in [5, 5.41) is 4.94. The van der Waals surface area contributed by atoms with Gasteiger partial charge in [0.05, 0.1) is 5.56 Å². The van der Waals surface area contributed by atoms with Crippen LogP contribution in [0.2, 0.25) is 0 Å². The number of anilines is 1. The smallest absolute Gasteiger partial charge is 0.254 e. The molecule has 23 heavy (non-hydrogen) atoms. The second-order valence-electron chi connectivity index (χ2n) is 5.12. The molecule has 1 unspecified atom stereocenters. The zero-order chi connectivity index (χ0) is 17.0. The van der Waals surface area contributed by atoms with Crippen molar-refractivity contribution in [2.24, 2.45) is 0 Å². The Bertz CT molecular complexity index is 747. The molecule has 6 heteroatoms. The van der Waals surface area contributed by atoms with E-state index in [0.29, 0.717) is 11.3 Å². The van der Waals surface area contributed by atoms with Crippen LogP contribution in [0, 0.1) is 18.6 Å². The molecule has 2 aromatic carbocycles. The average molecular weight is 318 g/mol. The monoisotopic (exact) mass is 318 g/mol. The van der Waals surface area contributed by atoms with Crippen LogP contribution < -0.4 is 10.6 Å². The van der Waals surface area contributed by atoms with Gasteiger partial charge in [0.25, 0.3) is 5.91 Å². The summed E-state index contributed by atoms with van der Waals surface area (Å²) < 4.78 is 26.7. The molecule has 2 aromatic rings. The zero-order valence-electron chi connectivity index (χ0n) is 12.7. The maximum atomic E-state index is 13.5. The Morgan fingerprint density at radius 3 is 2.48 bits per heavy atom. The Morgan fingerprint density at radius 1 is 1.09 bits per heavy atom. The number of carbonyl (C=O) groups excluding carboxylic acids is 2. The number of rotatable bonds is 4. The van der Waals surface area contributed by atoms with Crippen molar-refractivity contribution in [2.45, 2.75) is 19.9 Å². The van der Waals surface area contributed by atoms with Crippen LogP contribution in [0.4, 0.5) is 14.5 Å². The molecule has 0 saturated heterocycles. The van der Waals surface area contributed by atoms with Gasteiger partial charge in [0.2, 0.25) is 5.91 Å². The number of nitrogens with one attached hydrogen (secondary N) is 2. The summed E-state index contributed by atoms with van der Waals surface area (Å²) in [6.45, 7) is 3.18. The van der Waals surface area contributed by atoms with E-state index in [0.717, 1.165) is 6.07 Å². The quantitative estimate of drug-likeness (QED) is 0.910. The summed E-state index contributed by atoms with van der Waals surface area (Å²) in [7, 11) is 0. The molecule has 1 atom stereocenters. The van der Waals surface area contributed by atoms with Crippen LogP contribution in [0.1, 0.15) is 22.8 Å². The van der Waals surface area contributed by atoms with E-state index in [1.807, 2.05) is 0 Å². The van der Waals surface area contributed by atoms with Crippen molar-refractivity contribution in [3.05, 3.63) is 65.2 Å². The molecule has 2 rings (SSSR count). The summed E-state index contributed by atoms with van der Waals surface area (Å²) in [6, 6.07) is 8.58. The molecule has 0 bridgehead atoms. The Hall–Kier alpha value is -2.76. The SMILES string of the molecule is Cc1ccc(F)cc1NC(=O)C(C)NC(=O)c1ccccc1F. The van der Waals surface area contributed by atoms with Crippen molar-refractivity contribution in [1.29, 1.82) is 0 Å². The van der Waals surface area contributed by atoms with Gasteiger partial charge in [-0.3, -0.25) is 9.59 Å². The van der Waals surface area contributed by atoms with Crippen molar-refractivity contribution in [3.8, 4) is 0 Å². The minimum atomic E-state index is -0.912. The Kier molecular flexibility index (Phi) is 5.05. The molecule has 0 aromatic heterocycles. The van der Waals surface area contributed by atoms with E-state index in [1.54, 1.807) is 6.92 Å². The fourth-order valence-corrected chi connectivity index (χ4v) is 1.96. The molecule has 0 aliphatic heterocycles. The first-order chi connectivity index (χ1) is 10.9. The van der Waals surface area contributed by atoms with Gasteiger partial charge in [-0.25, -0.2) is 8.78 Å². The van der Waals surface area contributed by atoms with Gasteiger partial charge >= 0.3 is 0 Å². The average Bonchev–Trinajstić information content (AvgIpc) is 2.51. The van der Waals surface area contributed by atoms with Crippen LogP contribution >= 0.6 is 0 Å². The third-order valence-corrected chi connectivity index (χ3v) is 3.32. The first kappa shape index (κ1) is 16.6. The summed E-state index contributed by atoms with van der Waals surface area (Å²) >= 11 is 0. The second-order valence-corrected chi connectivity index (χ2v) is 5.12. The number of halogens is 2. The van der Waals surface area contributed by atoms with E-state index in [4.69, 9.17) is 0 Å². The van der Waals surface area contributed by atoms with E-state index in [-0.39, 0.29) is 5.56 Å². The number of hydrogen-bond donors (Lipinski definition) is 2. The molecule has 4 nitrogen and oxygen atoms in total. The van der Waals surface area contributed by atoms with E-state index >= 15 is 0 Å². The summed E-state index contributed by atoms with van der Waals surface area (Å²) in [6.07, 6.45) is 0. The molecule has 120 valence electrons. The summed E-state index contributed by atoms with van der Waals surface area (Å²) in [5.74, 6) is -2.36. The largest absolute Gasteiger partial charge is 0.340 e. The molecule has 0 aliphatic carbocycles. The molecule has 0 saturated carbocycles. The van der Waals surface area contributed by atoms with E-state index in [1.165, 1.54) is 43.3 Å². The number of aryl methyl sites for hydroxylation is 1. The molecule has 2 amide bonds. The minimum Gasteiger partial charge on any atom is -0.340 e. The third-order valence-electron chi connectivity index (χ3n) is 3.32. The Labute approximate surface area is 132 Å². The number of carbonyl (C=O) groups is 2. The van der Waals surface area contributed by atoms with Crippen molar-refractivity contribution >= 4 is 17.5 Å². The van der Waals surface area contributed by atoms with Gasteiger partial charge in [-0.15, -0.1) is 0 Å². The highest BCUT2D eigenvalue weighted by molar-refractivity contribution is 6.01. The van der Waals surface area contributed by atoms with Crippen LogP contribution in [0.5, 0.6) is 0 Å². The van der Waals surface area contributed by atoms with Crippen LogP contribution in [0.15, 0.2) is 42.5 Å². The standard InChI is InChI=1S/C17H16F2N2O2/c1-10-7-8-12(18)9-15(10)21-16(22)11(2)20-17(23)13-5-3-4-6-14(13)19/h3-9,11H,1-2H3,(H,20,23)(H,21,22). The maximum absolute atomic E-state index is 13.5. The molecule has 2 N–H and O–H groups in total. The molecule has 0 radical (unpaired) electrons. The maximum Gasteiger partial charge on any atom is 0.254 e. The summed E-state index contributed by atoms with van der Waals surface area (Å²) in [4.78, 5) is 24.0. The lowest BCUT2D eigenvalue weighted by atomic mass is 10.1. The van der Waals surface area contributed by atoms with Crippen LogP contribution in [0.3, 0.4) is 0 Å². The van der Waals surface area contributed by atoms with Gasteiger partial charge in [0.15, 0.2) is 0 Å². The van der Waals surface area contributed by atoms with E-state index in [2.05, 4.69) is 10.6 Å². The van der Waals surface area contributed by atoms with Gasteiger partial charge in [-0.05, 0) is 43.7 Å². The van der Waals surface area contributed by atoms with Crippen LogP contribution in [-0.4, -0.2) is 17.9 Å². The van der Waals surface area contributed by atoms with Gasteiger partial charge in [0.1, 0.15) is 17.7 Å². The van der Waals surface area contributed by atoms with Crippen LogP contribution in [0.25, 0.3) is 0 Å². The predicted octanol–water partition coefficient (Wildman–Crippen LogP) is 3.03. The Morgan fingerprint density at radius 2 is 1.78 bits per heavy atom. The zero-order valence-corrected chi connectivity index (χ0v) is 12.7. The third kappa shape index (κ3) is 4.12. The highest BCUT2D eigenvalue weighted by Crippen LogP contribution is 2.16. The molecule has 0 fully saturated rings. The number of hydrogen-bond acceptors (Lipinski definition) is 2. The van der Waals surface area contributed by atoms with Crippen molar-refractivity contribution in [1.82, 2.24) is 5.32 Å². The minimum absolute atomic E-state index is 0.144.